The fourth-order valence-electron chi connectivity index (χ4n) is 5.27. The first-order valence-electron chi connectivity index (χ1n) is 16.6. The second-order valence-corrected chi connectivity index (χ2v) is 13.0. The minimum Gasteiger partial charge on any atom is -0.494 e. The van der Waals surface area contributed by atoms with Gasteiger partial charge in [0, 0.05) is 85.8 Å². The molecule has 6 nitrogen and oxygen atoms in total. The van der Waals surface area contributed by atoms with Gasteiger partial charge < -0.3 is 19.3 Å². The summed E-state index contributed by atoms with van der Waals surface area (Å²) in [5, 5.41) is 0. The lowest BCUT2D eigenvalue weighted by molar-refractivity contribution is 0.0816. The van der Waals surface area contributed by atoms with Crippen molar-refractivity contribution in [2.45, 2.75) is 52.4 Å². The molecule has 0 fully saturated rings. The summed E-state index contributed by atoms with van der Waals surface area (Å²) in [4.78, 5) is 32.3. The number of carbonyl (C=O) groups excluding carboxylic acids is 2. The Labute approximate surface area is 297 Å². The van der Waals surface area contributed by atoms with E-state index in [0.29, 0.717) is 100.0 Å². The van der Waals surface area contributed by atoms with E-state index in [1.54, 1.807) is 0 Å². The van der Waals surface area contributed by atoms with Crippen LogP contribution in [0.2, 0.25) is 0 Å². The monoisotopic (exact) mass is 716 g/mol. The Bertz CT molecular complexity index is 1000. The fraction of sp³-hybridized carbons (Fsp3) is 0.611. The minimum atomic E-state index is -0.350. The van der Waals surface area contributed by atoms with Crippen molar-refractivity contribution in [1.82, 2.24) is 9.80 Å². The summed E-state index contributed by atoms with van der Waals surface area (Å²) >= 11 is 24.5. The Morgan fingerprint density at radius 2 is 0.913 bits per heavy atom. The predicted molar refractivity (Wildman–Crippen MR) is 194 cm³/mol. The second kappa shape index (κ2) is 24.6. The van der Waals surface area contributed by atoms with Crippen LogP contribution in [0.15, 0.2) is 48.5 Å². The maximum atomic E-state index is 14.0. The van der Waals surface area contributed by atoms with Crippen LogP contribution in [0.5, 0.6) is 11.5 Å². The van der Waals surface area contributed by atoms with Crippen molar-refractivity contribution in [2.75, 3.05) is 76.0 Å². The highest BCUT2D eigenvalue weighted by atomic mass is 35.5. The number of rotatable bonds is 27. The molecule has 0 amide bonds. The molecule has 0 N–H and O–H groups in total. The van der Waals surface area contributed by atoms with Gasteiger partial charge in [-0.25, -0.2) is 0 Å². The van der Waals surface area contributed by atoms with Gasteiger partial charge in [-0.1, -0.05) is 26.7 Å². The normalized spacial score (nSPS) is 12.8. The fourth-order valence-corrected chi connectivity index (χ4v) is 6.23. The molecule has 10 heteroatoms. The van der Waals surface area contributed by atoms with Gasteiger partial charge in [-0.05, 0) is 74.2 Å². The van der Waals surface area contributed by atoms with Crippen LogP contribution in [0, 0.1) is 11.8 Å². The van der Waals surface area contributed by atoms with Crippen molar-refractivity contribution in [3.63, 3.8) is 0 Å². The summed E-state index contributed by atoms with van der Waals surface area (Å²) in [5.41, 5.74) is 1.24. The van der Waals surface area contributed by atoms with Crippen LogP contribution in [-0.4, -0.2) is 97.4 Å². The Morgan fingerprint density at radius 3 is 1.20 bits per heavy atom. The van der Waals surface area contributed by atoms with Gasteiger partial charge in [0.25, 0.3) is 0 Å². The summed E-state index contributed by atoms with van der Waals surface area (Å²) in [7, 11) is 0. The molecule has 0 aliphatic carbocycles. The van der Waals surface area contributed by atoms with E-state index in [-0.39, 0.29) is 23.4 Å². The molecular weight excluding hydrogens is 666 g/mol. The van der Waals surface area contributed by atoms with Crippen molar-refractivity contribution in [3.8, 4) is 11.5 Å². The number of alkyl halides is 4. The van der Waals surface area contributed by atoms with E-state index in [1.165, 1.54) is 0 Å². The zero-order valence-corrected chi connectivity index (χ0v) is 30.6. The van der Waals surface area contributed by atoms with E-state index in [0.717, 1.165) is 37.2 Å². The summed E-state index contributed by atoms with van der Waals surface area (Å²) in [5.74, 6) is 2.62. The molecule has 0 aromatic heterocycles. The quantitative estimate of drug-likeness (QED) is 0.0524. The molecule has 0 aliphatic heterocycles. The van der Waals surface area contributed by atoms with Gasteiger partial charge >= 0.3 is 0 Å². The standard InChI is InChI=1S/C36H52Cl4N2O4/c1-3-5-25-45-33-13-9-29(10-14-33)35(43)31(27-41(21-17-37)22-18-38)7-8-32(28-42(23-19-39)24-20-40)36(44)30-11-15-34(16-12-30)46-26-6-4-2/h9-16,31-32H,3-8,17-28H2,1-2H3/t31-,32-/m1/s1. The van der Waals surface area contributed by atoms with Crippen LogP contribution in [0.4, 0.5) is 0 Å². The molecule has 0 heterocycles. The smallest absolute Gasteiger partial charge is 0.167 e. The van der Waals surface area contributed by atoms with Crippen LogP contribution in [0.3, 0.4) is 0 Å². The van der Waals surface area contributed by atoms with E-state index in [2.05, 4.69) is 23.6 Å². The largest absolute Gasteiger partial charge is 0.494 e. The van der Waals surface area contributed by atoms with E-state index in [1.807, 2.05) is 48.5 Å². The van der Waals surface area contributed by atoms with Gasteiger partial charge in [-0.3, -0.25) is 9.59 Å². The van der Waals surface area contributed by atoms with E-state index in [9.17, 15) is 9.59 Å². The Balaban J connectivity index is 2.32. The minimum absolute atomic E-state index is 0.0346. The van der Waals surface area contributed by atoms with Crippen molar-refractivity contribution >= 4 is 58.0 Å². The average Bonchev–Trinajstić information content (AvgIpc) is 3.06. The van der Waals surface area contributed by atoms with Gasteiger partial charge in [-0.2, -0.15) is 0 Å². The van der Waals surface area contributed by atoms with Gasteiger partial charge in [0.1, 0.15) is 11.5 Å². The molecule has 0 radical (unpaired) electrons. The maximum Gasteiger partial charge on any atom is 0.167 e. The molecule has 0 saturated carbocycles. The van der Waals surface area contributed by atoms with E-state index in [4.69, 9.17) is 55.9 Å². The number of ketones is 2. The molecule has 2 rings (SSSR count). The summed E-state index contributed by atoms with van der Waals surface area (Å²) in [6.07, 6.45) is 5.11. The van der Waals surface area contributed by atoms with Crippen molar-refractivity contribution in [2.24, 2.45) is 11.8 Å². The first-order chi connectivity index (χ1) is 22.4. The summed E-state index contributed by atoms with van der Waals surface area (Å²) < 4.78 is 11.6. The van der Waals surface area contributed by atoms with Gasteiger partial charge in [0.05, 0.1) is 13.2 Å². The summed E-state index contributed by atoms with van der Waals surface area (Å²) in [6, 6.07) is 14.7. The lowest BCUT2D eigenvalue weighted by Crippen LogP contribution is -2.38. The number of ether oxygens (including phenoxy) is 2. The molecule has 0 spiro atoms. The van der Waals surface area contributed by atoms with Crippen LogP contribution < -0.4 is 9.47 Å². The van der Waals surface area contributed by atoms with Gasteiger partial charge in [-0.15, -0.1) is 46.4 Å². The highest BCUT2D eigenvalue weighted by molar-refractivity contribution is 6.18. The van der Waals surface area contributed by atoms with Gasteiger partial charge in [0.15, 0.2) is 11.6 Å². The number of nitrogens with zero attached hydrogens (tertiary/aromatic N) is 2. The van der Waals surface area contributed by atoms with E-state index >= 15 is 0 Å². The number of benzene rings is 2. The van der Waals surface area contributed by atoms with Crippen molar-refractivity contribution in [1.29, 1.82) is 0 Å². The summed E-state index contributed by atoms with van der Waals surface area (Å²) in [6.45, 7) is 9.03. The van der Waals surface area contributed by atoms with Crippen LogP contribution >= 0.6 is 46.4 Å². The Kier molecular flexibility index (Phi) is 21.7. The molecule has 0 aliphatic rings. The molecule has 0 saturated heterocycles. The third kappa shape index (κ3) is 15.1. The lowest BCUT2D eigenvalue weighted by atomic mass is 9.86. The lowest BCUT2D eigenvalue weighted by Gasteiger charge is -2.29. The Morgan fingerprint density at radius 1 is 0.587 bits per heavy atom. The first-order valence-corrected chi connectivity index (χ1v) is 18.8. The third-order valence-corrected chi connectivity index (χ3v) is 8.65. The van der Waals surface area contributed by atoms with Gasteiger partial charge in [0.2, 0.25) is 0 Å². The molecule has 2 atom stereocenters. The maximum absolute atomic E-state index is 14.0. The van der Waals surface area contributed by atoms with Crippen LogP contribution in [0.25, 0.3) is 0 Å². The first kappa shape index (κ1) is 40.6. The SMILES string of the molecule is CCCCOc1ccc(C(=O)[C@H](CC[C@H](CN(CCCl)CCCl)C(=O)c2ccc(OCCCC)cc2)CN(CCCl)CCCl)cc1. The molecule has 2 aromatic carbocycles. The number of carbonyl (C=O) groups is 2. The topological polar surface area (TPSA) is 59.1 Å². The molecule has 2 aromatic rings. The van der Waals surface area contributed by atoms with Crippen LogP contribution in [-0.2, 0) is 0 Å². The van der Waals surface area contributed by atoms with E-state index < -0.39 is 0 Å². The highest BCUT2D eigenvalue weighted by Crippen LogP contribution is 2.25. The highest BCUT2D eigenvalue weighted by Gasteiger charge is 2.28. The molecule has 258 valence electrons. The zero-order valence-electron chi connectivity index (χ0n) is 27.5. The number of unbranched alkanes of at least 4 members (excludes halogenated alkanes) is 2. The number of hydrogen-bond donors (Lipinski definition) is 0. The predicted octanol–water partition coefficient (Wildman–Crippen LogP) is 8.68. The van der Waals surface area contributed by atoms with Crippen molar-refractivity contribution < 1.29 is 19.1 Å². The van der Waals surface area contributed by atoms with Crippen LogP contribution in [0.1, 0.15) is 73.1 Å². The van der Waals surface area contributed by atoms with Crippen molar-refractivity contribution in [3.05, 3.63) is 59.7 Å². The Hall–Kier alpha value is -1.54. The number of hydrogen-bond acceptors (Lipinski definition) is 6. The molecular formula is C36H52Cl4N2O4. The number of Topliss-reactive ketones (excluding diaryl/α,β-unsaturated/α-hetero) is 2. The number of halogens is 4. The average molecular weight is 719 g/mol. The molecule has 0 bridgehead atoms. The molecule has 0 unspecified atom stereocenters. The third-order valence-electron chi connectivity index (χ3n) is 7.98. The molecule has 46 heavy (non-hydrogen) atoms. The second-order valence-electron chi connectivity index (χ2n) is 11.5. The zero-order chi connectivity index (χ0) is 33.6.